The maximum absolute atomic E-state index is 13.0. The van der Waals surface area contributed by atoms with Crippen molar-refractivity contribution < 1.29 is 17.4 Å². The lowest BCUT2D eigenvalue weighted by Crippen LogP contribution is -2.38. The molecule has 1 atom stereocenters. The minimum atomic E-state index is -4.42. The van der Waals surface area contributed by atoms with E-state index < -0.39 is 20.8 Å². The lowest BCUT2D eigenvalue weighted by Gasteiger charge is -2.31. The minimum Gasteiger partial charge on any atom is -0.354 e. The Bertz CT molecular complexity index is 1150. The minimum absolute atomic E-state index is 0.0439. The van der Waals surface area contributed by atoms with Crippen molar-refractivity contribution in [3.63, 3.8) is 0 Å². The van der Waals surface area contributed by atoms with Gasteiger partial charge in [-0.3, -0.25) is 8.61 Å². The van der Waals surface area contributed by atoms with E-state index in [9.17, 15) is 17.4 Å². The monoisotopic (exact) mass is 444 g/mol. The van der Waals surface area contributed by atoms with Gasteiger partial charge in [-0.25, -0.2) is 19.3 Å². The molecular formula is C17H19F3N6OS2. The number of halogens is 3. The van der Waals surface area contributed by atoms with Crippen LogP contribution in [-0.2, 0) is 15.9 Å². The van der Waals surface area contributed by atoms with Crippen molar-refractivity contribution in [3.8, 4) is 11.5 Å². The van der Waals surface area contributed by atoms with Gasteiger partial charge in [-0.2, -0.15) is 13.2 Å². The molecule has 29 heavy (non-hydrogen) atoms. The molecule has 0 bridgehead atoms. The molecule has 0 saturated carbocycles. The summed E-state index contributed by atoms with van der Waals surface area (Å²) in [6.45, 7) is 1.36. The lowest BCUT2D eigenvalue weighted by molar-refractivity contribution is -0.134. The summed E-state index contributed by atoms with van der Waals surface area (Å²) in [6, 6.07) is 1.71. The first-order valence-electron chi connectivity index (χ1n) is 8.89. The van der Waals surface area contributed by atoms with Crippen LogP contribution < -0.4 is 4.90 Å². The molecule has 1 aliphatic rings. The molecule has 7 nitrogen and oxygen atoms in total. The largest absolute Gasteiger partial charge is 0.427 e. The number of fused-ring (bicyclic) bond motifs is 1. The third-order valence-corrected chi connectivity index (χ3v) is 6.33. The Morgan fingerprint density at radius 2 is 2.10 bits per heavy atom. The molecule has 0 amide bonds. The van der Waals surface area contributed by atoms with Crippen LogP contribution in [0, 0.1) is 0 Å². The van der Waals surface area contributed by atoms with E-state index in [2.05, 4.69) is 19.3 Å². The van der Waals surface area contributed by atoms with Crippen molar-refractivity contribution in [2.75, 3.05) is 30.5 Å². The van der Waals surface area contributed by atoms with E-state index in [4.69, 9.17) is 0 Å². The summed E-state index contributed by atoms with van der Waals surface area (Å²) in [4.78, 5) is 14.4. The predicted octanol–water partition coefficient (Wildman–Crippen LogP) is 3.57. The summed E-state index contributed by atoms with van der Waals surface area (Å²) in [5, 5.41) is 0. The molecule has 3 aromatic heterocycles. The first-order valence-corrected chi connectivity index (χ1v) is 12.0. The van der Waals surface area contributed by atoms with Gasteiger partial charge in [0.25, 0.3) is 0 Å². The smallest absolute Gasteiger partial charge is 0.354 e. The molecule has 3 aromatic rings. The molecule has 0 N–H and O–H groups in total. The van der Waals surface area contributed by atoms with Crippen molar-refractivity contribution >= 4 is 31.8 Å². The van der Waals surface area contributed by atoms with E-state index in [1.807, 2.05) is 4.90 Å². The van der Waals surface area contributed by atoms with E-state index in [1.165, 1.54) is 10.6 Å². The highest BCUT2D eigenvalue weighted by atomic mass is 32.2. The summed E-state index contributed by atoms with van der Waals surface area (Å²) >= 11 is 0.579. The topological polar surface area (TPSA) is 75.8 Å². The number of imidazole rings is 1. The van der Waals surface area contributed by atoms with Gasteiger partial charge in [-0.05, 0) is 18.9 Å². The third-order valence-electron chi connectivity index (χ3n) is 4.48. The zero-order valence-corrected chi connectivity index (χ0v) is 17.4. The van der Waals surface area contributed by atoms with Crippen molar-refractivity contribution in [2.45, 2.75) is 25.1 Å². The standard InChI is InChI=1S/C17H19F3N6OS2/c1-29(2,27)24-11-4-3-7-25(9-11)14-5-6-21-15(23-14)12-8-22-16-26(12)10-13(28-16)17(18,19)20/h5-6,8,10-11H,3-4,7,9H2,1-2H3. The van der Waals surface area contributed by atoms with Gasteiger partial charge >= 0.3 is 6.18 Å². The van der Waals surface area contributed by atoms with Gasteiger partial charge in [0.1, 0.15) is 16.4 Å². The fourth-order valence-electron chi connectivity index (χ4n) is 3.34. The quantitative estimate of drug-likeness (QED) is 0.617. The Morgan fingerprint density at radius 1 is 1.31 bits per heavy atom. The van der Waals surface area contributed by atoms with Crippen molar-refractivity contribution in [1.29, 1.82) is 0 Å². The van der Waals surface area contributed by atoms with Crippen LogP contribution in [-0.4, -0.2) is 55.2 Å². The average molecular weight is 445 g/mol. The molecular weight excluding hydrogens is 425 g/mol. The van der Waals surface area contributed by atoms with E-state index in [0.29, 0.717) is 35.2 Å². The van der Waals surface area contributed by atoms with Crippen LogP contribution in [0.5, 0.6) is 0 Å². The summed E-state index contributed by atoms with van der Waals surface area (Å²) in [5.41, 5.74) is 0.400. The number of piperidine rings is 1. The van der Waals surface area contributed by atoms with Gasteiger partial charge in [0.05, 0.1) is 12.2 Å². The summed E-state index contributed by atoms with van der Waals surface area (Å²) in [5.74, 6) is 0.963. The van der Waals surface area contributed by atoms with Gasteiger partial charge in [-0.15, -0.1) is 0 Å². The number of hydrogen-bond acceptors (Lipinski definition) is 7. The van der Waals surface area contributed by atoms with E-state index in [1.54, 1.807) is 24.8 Å². The zero-order valence-electron chi connectivity index (χ0n) is 15.8. The molecule has 4 heterocycles. The second-order valence-electron chi connectivity index (χ2n) is 7.16. The first-order chi connectivity index (χ1) is 13.6. The predicted molar refractivity (Wildman–Crippen MR) is 107 cm³/mol. The van der Waals surface area contributed by atoms with Crippen LogP contribution in [0.3, 0.4) is 0 Å². The molecule has 0 aliphatic carbocycles. The molecule has 1 fully saturated rings. The van der Waals surface area contributed by atoms with Crippen molar-refractivity contribution in [3.05, 3.63) is 29.5 Å². The van der Waals surface area contributed by atoms with Crippen LogP contribution in [0.15, 0.2) is 29.0 Å². The molecule has 0 spiro atoms. The SMILES string of the molecule is CS(C)(=O)=NC1CCCN(c2ccnc(-c3cnc4sc(C(F)(F)F)cn34)n2)C1. The Kier molecular flexibility index (Phi) is 5.01. The normalized spacial score (nSPS) is 18.4. The number of aromatic nitrogens is 4. The molecule has 156 valence electrons. The second-order valence-corrected chi connectivity index (χ2v) is 10.7. The van der Waals surface area contributed by atoms with Gasteiger partial charge in [0.2, 0.25) is 0 Å². The molecule has 1 unspecified atom stereocenters. The van der Waals surface area contributed by atoms with Gasteiger partial charge in [0, 0.05) is 47.7 Å². The highest BCUT2D eigenvalue weighted by Crippen LogP contribution is 2.36. The van der Waals surface area contributed by atoms with Gasteiger partial charge in [-0.1, -0.05) is 11.3 Å². The highest BCUT2D eigenvalue weighted by molar-refractivity contribution is 7.92. The summed E-state index contributed by atoms with van der Waals surface area (Å²) in [7, 11) is -2.19. The lowest BCUT2D eigenvalue weighted by atomic mass is 10.1. The van der Waals surface area contributed by atoms with Crippen molar-refractivity contribution in [1.82, 2.24) is 19.4 Å². The Morgan fingerprint density at radius 3 is 2.83 bits per heavy atom. The average Bonchev–Trinajstić information content (AvgIpc) is 3.21. The van der Waals surface area contributed by atoms with Gasteiger partial charge in [0.15, 0.2) is 10.8 Å². The van der Waals surface area contributed by atoms with E-state index in [-0.39, 0.29) is 11.0 Å². The van der Waals surface area contributed by atoms with Crippen LogP contribution in [0.1, 0.15) is 17.7 Å². The van der Waals surface area contributed by atoms with Crippen LogP contribution in [0.25, 0.3) is 16.5 Å². The first kappa shape index (κ1) is 20.1. The second kappa shape index (κ2) is 7.24. The Labute approximate surface area is 169 Å². The molecule has 0 radical (unpaired) electrons. The molecule has 0 aromatic carbocycles. The number of hydrogen-bond donors (Lipinski definition) is 0. The van der Waals surface area contributed by atoms with Crippen molar-refractivity contribution in [2.24, 2.45) is 4.36 Å². The zero-order chi connectivity index (χ0) is 20.8. The van der Waals surface area contributed by atoms with E-state index in [0.717, 1.165) is 25.6 Å². The van der Waals surface area contributed by atoms with Crippen LogP contribution >= 0.6 is 11.3 Å². The highest BCUT2D eigenvalue weighted by Gasteiger charge is 2.34. The summed E-state index contributed by atoms with van der Waals surface area (Å²) in [6.07, 6.45) is 4.65. The number of alkyl halides is 3. The molecule has 4 rings (SSSR count). The fourth-order valence-corrected chi connectivity index (χ4v) is 5.05. The maximum atomic E-state index is 13.0. The number of rotatable bonds is 3. The third kappa shape index (κ3) is 4.37. The Balaban J connectivity index is 1.65. The molecule has 12 heteroatoms. The molecule has 1 saturated heterocycles. The number of nitrogens with zero attached hydrogens (tertiary/aromatic N) is 6. The summed E-state index contributed by atoms with van der Waals surface area (Å²) < 4.78 is 56.8. The fraction of sp³-hybridized carbons (Fsp3) is 0.471. The number of thiazole rings is 1. The van der Waals surface area contributed by atoms with Crippen LogP contribution in [0.4, 0.5) is 19.0 Å². The van der Waals surface area contributed by atoms with Crippen LogP contribution in [0.2, 0.25) is 0 Å². The Hall–Kier alpha value is -2.21. The molecule has 1 aliphatic heterocycles. The van der Waals surface area contributed by atoms with Gasteiger partial charge < -0.3 is 4.90 Å². The van der Waals surface area contributed by atoms with E-state index >= 15 is 0 Å². The maximum Gasteiger partial charge on any atom is 0.427 e. The number of anilines is 1.